The molecule has 0 bridgehead atoms. The largest absolute Gasteiger partial charge is 0.392 e. The topological polar surface area (TPSA) is 48.9 Å². The molecule has 0 aromatic carbocycles. The van der Waals surface area contributed by atoms with E-state index in [0.717, 1.165) is 29.8 Å². The molecule has 0 amide bonds. The van der Waals surface area contributed by atoms with Crippen LogP contribution in [0.3, 0.4) is 0 Å². The van der Waals surface area contributed by atoms with Crippen molar-refractivity contribution in [2.24, 2.45) is 5.92 Å². The van der Waals surface area contributed by atoms with Crippen LogP contribution >= 0.6 is 0 Å². The molecule has 3 nitrogen and oxygen atoms in total. The van der Waals surface area contributed by atoms with E-state index in [0.29, 0.717) is 5.92 Å². The highest BCUT2D eigenvalue weighted by Crippen LogP contribution is 2.15. The Morgan fingerprint density at radius 2 is 2.15 bits per heavy atom. The number of aliphatic hydroxyl groups is 1. The third-order valence-electron chi connectivity index (χ3n) is 2.14. The van der Waals surface area contributed by atoms with Crippen molar-refractivity contribution in [1.82, 2.24) is 10.2 Å². The van der Waals surface area contributed by atoms with Gasteiger partial charge in [0, 0.05) is 11.3 Å². The van der Waals surface area contributed by atoms with E-state index in [-0.39, 0.29) is 6.61 Å². The average Bonchev–Trinajstić information content (AvgIpc) is 2.45. The number of aromatic nitrogens is 2. The summed E-state index contributed by atoms with van der Waals surface area (Å²) in [5, 5.41) is 16.3. The maximum atomic E-state index is 9.17. The Morgan fingerprint density at radius 3 is 2.62 bits per heavy atom. The SMILES string of the molecule is CCc1n[nH]c(CC(C)C)c1CO. The summed E-state index contributed by atoms with van der Waals surface area (Å²) < 4.78 is 0. The fourth-order valence-corrected chi connectivity index (χ4v) is 1.50. The van der Waals surface area contributed by atoms with Gasteiger partial charge in [-0.3, -0.25) is 5.10 Å². The van der Waals surface area contributed by atoms with Gasteiger partial charge in [-0.25, -0.2) is 0 Å². The summed E-state index contributed by atoms with van der Waals surface area (Å²) in [6.07, 6.45) is 1.84. The lowest BCUT2D eigenvalue weighted by Gasteiger charge is -2.04. The van der Waals surface area contributed by atoms with Crippen molar-refractivity contribution < 1.29 is 5.11 Å². The lowest BCUT2D eigenvalue weighted by molar-refractivity contribution is 0.279. The monoisotopic (exact) mass is 182 g/mol. The van der Waals surface area contributed by atoms with Crippen LogP contribution in [0.15, 0.2) is 0 Å². The number of H-pyrrole nitrogens is 1. The molecule has 1 aromatic rings. The quantitative estimate of drug-likeness (QED) is 0.744. The number of nitrogens with one attached hydrogen (secondary N) is 1. The maximum absolute atomic E-state index is 9.17. The molecule has 0 aliphatic rings. The Morgan fingerprint density at radius 1 is 1.46 bits per heavy atom. The van der Waals surface area contributed by atoms with E-state index in [4.69, 9.17) is 0 Å². The van der Waals surface area contributed by atoms with Gasteiger partial charge in [-0.1, -0.05) is 20.8 Å². The van der Waals surface area contributed by atoms with Crippen molar-refractivity contribution in [3.05, 3.63) is 17.0 Å². The molecule has 0 aliphatic heterocycles. The van der Waals surface area contributed by atoms with Crippen LogP contribution in [-0.2, 0) is 19.4 Å². The predicted octanol–water partition coefficient (Wildman–Crippen LogP) is 1.66. The molecular formula is C10H18N2O. The first-order chi connectivity index (χ1) is 6.19. The zero-order chi connectivity index (χ0) is 9.84. The van der Waals surface area contributed by atoms with Crippen LogP contribution in [0.4, 0.5) is 0 Å². The van der Waals surface area contributed by atoms with Crippen molar-refractivity contribution in [1.29, 1.82) is 0 Å². The van der Waals surface area contributed by atoms with Crippen molar-refractivity contribution in [3.8, 4) is 0 Å². The molecule has 0 radical (unpaired) electrons. The van der Waals surface area contributed by atoms with Crippen molar-refractivity contribution >= 4 is 0 Å². The standard InChI is InChI=1S/C10H18N2O/c1-4-9-8(6-13)10(12-11-9)5-7(2)3/h7,13H,4-6H2,1-3H3,(H,11,12). The number of rotatable bonds is 4. The van der Waals surface area contributed by atoms with Gasteiger partial charge in [0.15, 0.2) is 0 Å². The normalized spacial score (nSPS) is 11.2. The molecule has 0 fully saturated rings. The summed E-state index contributed by atoms with van der Waals surface area (Å²) in [7, 11) is 0. The Labute approximate surface area is 79.2 Å². The van der Waals surface area contributed by atoms with E-state index in [2.05, 4.69) is 31.0 Å². The second-order valence-electron chi connectivity index (χ2n) is 3.74. The molecule has 13 heavy (non-hydrogen) atoms. The first-order valence-electron chi connectivity index (χ1n) is 4.84. The fraction of sp³-hybridized carbons (Fsp3) is 0.700. The fourth-order valence-electron chi connectivity index (χ4n) is 1.50. The summed E-state index contributed by atoms with van der Waals surface area (Å²) >= 11 is 0. The number of nitrogens with zero attached hydrogens (tertiary/aromatic N) is 1. The van der Waals surface area contributed by atoms with Gasteiger partial charge in [0.2, 0.25) is 0 Å². The average molecular weight is 182 g/mol. The van der Waals surface area contributed by atoms with Crippen molar-refractivity contribution in [2.45, 2.75) is 40.2 Å². The van der Waals surface area contributed by atoms with Gasteiger partial charge in [0.05, 0.1) is 12.3 Å². The van der Waals surface area contributed by atoms with Crippen LogP contribution in [0.5, 0.6) is 0 Å². The summed E-state index contributed by atoms with van der Waals surface area (Å²) in [4.78, 5) is 0. The van der Waals surface area contributed by atoms with E-state index < -0.39 is 0 Å². The number of hydrogen-bond acceptors (Lipinski definition) is 2. The lowest BCUT2D eigenvalue weighted by atomic mass is 10.0. The highest BCUT2D eigenvalue weighted by Gasteiger charge is 2.11. The molecule has 0 saturated heterocycles. The van der Waals surface area contributed by atoms with E-state index in [1.807, 2.05) is 0 Å². The molecular weight excluding hydrogens is 164 g/mol. The number of aliphatic hydroxyl groups excluding tert-OH is 1. The first-order valence-corrected chi connectivity index (χ1v) is 4.84. The van der Waals surface area contributed by atoms with Crippen LogP contribution in [-0.4, -0.2) is 15.3 Å². The van der Waals surface area contributed by atoms with Gasteiger partial charge in [-0.2, -0.15) is 5.10 Å². The molecule has 0 unspecified atom stereocenters. The van der Waals surface area contributed by atoms with Gasteiger partial charge in [0.1, 0.15) is 0 Å². The highest BCUT2D eigenvalue weighted by molar-refractivity contribution is 5.24. The van der Waals surface area contributed by atoms with Crippen LogP contribution in [0, 0.1) is 5.92 Å². The molecule has 0 aliphatic carbocycles. The van der Waals surface area contributed by atoms with E-state index in [1.54, 1.807) is 0 Å². The maximum Gasteiger partial charge on any atom is 0.0718 e. The molecule has 0 spiro atoms. The van der Waals surface area contributed by atoms with Crippen LogP contribution < -0.4 is 0 Å². The Kier molecular flexibility index (Phi) is 3.48. The minimum atomic E-state index is 0.0989. The van der Waals surface area contributed by atoms with Gasteiger partial charge in [-0.15, -0.1) is 0 Å². The Balaban J connectivity index is 2.87. The van der Waals surface area contributed by atoms with Gasteiger partial charge in [0.25, 0.3) is 0 Å². The molecule has 74 valence electrons. The first kappa shape index (κ1) is 10.3. The van der Waals surface area contributed by atoms with Crippen LogP contribution in [0.2, 0.25) is 0 Å². The zero-order valence-corrected chi connectivity index (χ0v) is 8.59. The minimum Gasteiger partial charge on any atom is -0.392 e. The van der Waals surface area contributed by atoms with Crippen LogP contribution in [0.1, 0.15) is 37.7 Å². The predicted molar refractivity (Wildman–Crippen MR) is 52.4 cm³/mol. The number of hydrogen-bond donors (Lipinski definition) is 2. The molecule has 1 aromatic heterocycles. The zero-order valence-electron chi connectivity index (χ0n) is 8.59. The summed E-state index contributed by atoms with van der Waals surface area (Å²) in [5.41, 5.74) is 3.09. The third-order valence-corrected chi connectivity index (χ3v) is 2.14. The van der Waals surface area contributed by atoms with Crippen molar-refractivity contribution in [2.75, 3.05) is 0 Å². The van der Waals surface area contributed by atoms with Gasteiger partial charge >= 0.3 is 0 Å². The Bertz CT molecular complexity index is 266. The van der Waals surface area contributed by atoms with E-state index in [1.165, 1.54) is 0 Å². The van der Waals surface area contributed by atoms with Crippen LogP contribution in [0.25, 0.3) is 0 Å². The lowest BCUT2D eigenvalue weighted by Crippen LogP contribution is -1.99. The third kappa shape index (κ3) is 2.31. The molecule has 0 atom stereocenters. The Hall–Kier alpha value is -0.830. The second kappa shape index (κ2) is 4.42. The van der Waals surface area contributed by atoms with E-state index in [9.17, 15) is 5.11 Å². The highest BCUT2D eigenvalue weighted by atomic mass is 16.3. The van der Waals surface area contributed by atoms with Gasteiger partial charge < -0.3 is 5.11 Å². The molecule has 3 heteroatoms. The smallest absolute Gasteiger partial charge is 0.0718 e. The molecule has 1 rings (SSSR count). The summed E-state index contributed by atoms with van der Waals surface area (Å²) in [5.74, 6) is 0.593. The molecule has 1 heterocycles. The molecule has 0 saturated carbocycles. The molecule has 2 N–H and O–H groups in total. The minimum absolute atomic E-state index is 0.0989. The second-order valence-corrected chi connectivity index (χ2v) is 3.74. The number of aromatic amines is 1. The van der Waals surface area contributed by atoms with Gasteiger partial charge in [-0.05, 0) is 18.8 Å². The van der Waals surface area contributed by atoms with Crippen molar-refractivity contribution in [3.63, 3.8) is 0 Å². The summed E-state index contributed by atoms with van der Waals surface area (Å²) in [6.45, 7) is 6.47. The van der Waals surface area contributed by atoms with E-state index >= 15 is 0 Å². The number of aryl methyl sites for hydroxylation is 1. The summed E-state index contributed by atoms with van der Waals surface area (Å²) in [6, 6.07) is 0.